The van der Waals surface area contributed by atoms with Crippen LogP contribution < -0.4 is 15.4 Å². The molecule has 3 rings (SSSR count). The van der Waals surface area contributed by atoms with Crippen LogP contribution in [0.3, 0.4) is 0 Å². The van der Waals surface area contributed by atoms with E-state index in [9.17, 15) is 19.6 Å². The molecule has 8 nitrogen and oxygen atoms in total. The lowest BCUT2D eigenvalue weighted by molar-refractivity contribution is -0.118. The van der Waals surface area contributed by atoms with Crippen LogP contribution in [0.25, 0.3) is 6.08 Å². The normalized spacial score (nSPS) is 10.7. The maximum atomic E-state index is 12.5. The van der Waals surface area contributed by atoms with Crippen molar-refractivity contribution >= 4 is 46.8 Å². The van der Waals surface area contributed by atoms with E-state index >= 15 is 0 Å². The molecule has 188 valence electrons. The predicted octanol–water partition coefficient (Wildman–Crippen LogP) is 5.31. The molecule has 0 aliphatic carbocycles. The van der Waals surface area contributed by atoms with Gasteiger partial charge in [-0.1, -0.05) is 35.4 Å². The molecular weight excluding hydrogens is 494 g/mol. The third kappa shape index (κ3) is 7.43. The molecule has 0 radical (unpaired) electrons. The Morgan fingerprint density at radius 3 is 2.35 bits per heavy atom. The summed E-state index contributed by atoms with van der Waals surface area (Å²) in [4.78, 5) is 36.4. The fourth-order valence-corrected chi connectivity index (χ4v) is 3.57. The summed E-state index contributed by atoms with van der Waals surface area (Å²) in [7, 11) is 1.27. The molecule has 0 aliphatic rings. The fraction of sp³-hybridized carbons (Fsp3) is 0.143. The molecule has 0 atom stereocenters. The van der Waals surface area contributed by atoms with Gasteiger partial charge in [0, 0.05) is 11.4 Å². The molecule has 3 aromatic carbocycles. The van der Waals surface area contributed by atoms with Gasteiger partial charge in [0.05, 0.1) is 17.7 Å². The standard InChI is InChI=1S/C28H24ClN3O5/c1-17-4-10-24(18(2)12-17)32-26(33)16-37-25-11-5-19(14-23(25)29)13-21(15-30)27(34)31-22-8-6-20(7-9-22)28(35)36-3/h4-14H,16H2,1-3H3,(H,31,34)(H,32,33)/b21-13-. The van der Waals surface area contributed by atoms with Crippen LogP contribution in [0.5, 0.6) is 5.75 Å². The zero-order valence-electron chi connectivity index (χ0n) is 20.4. The van der Waals surface area contributed by atoms with E-state index in [4.69, 9.17) is 16.3 Å². The van der Waals surface area contributed by atoms with Crippen LogP contribution in [0.2, 0.25) is 5.02 Å². The minimum atomic E-state index is -0.632. The first kappa shape index (κ1) is 27.0. The zero-order chi connectivity index (χ0) is 26.9. The Kier molecular flexibility index (Phi) is 9.03. The molecule has 0 aromatic heterocycles. The smallest absolute Gasteiger partial charge is 0.337 e. The summed E-state index contributed by atoms with van der Waals surface area (Å²) in [5.74, 6) is -1.19. The number of carbonyl (C=O) groups is 3. The zero-order valence-corrected chi connectivity index (χ0v) is 21.2. The van der Waals surface area contributed by atoms with Gasteiger partial charge in [-0.25, -0.2) is 4.79 Å². The SMILES string of the molecule is COC(=O)c1ccc(NC(=O)/C(C#N)=C\c2ccc(OCC(=O)Nc3ccc(C)cc3C)c(Cl)c2)cc1. The van der Waals surface area contributed by atoms with Gasteiger partial charge in [-0.3, -0.25) is 9.59 Å². The number of benzene rings is 3. The molecule has 0 bridgehead atoms. The van der Waals surface area contributed by atoms with Gasteiger partial charge in [-0.2, -0.15) is 5.26 Å². The number of esters is 1. The number of amides is 2. The first-order valence-electron chi connectivity index (χ1n) is 11.1. The second-order valence-corrected chi connectivity index (χ2v) is 8.45. The Labute approximate surface area is 219 Å². The van der Waals surface area contributed by atoms with Crippen LogP contribution in [-0.2, 0) is 14.3 Å². The van der Waals surface area contributed by atoms with E-state index in [2.05, 4.69) is 15.4 Å². The van der Waals surface area contributed by atoms with E-state index in [0.717, 1.165) is 11.1 Å². The second-order valence-electron chi connectivity index (χ2n) is 8.04. The first-order valence-corrected chi connectivity index (χ1v) is 11.5. The van der Waals surface area contributed by atoms with E-state index in [1.54, 1.807) is 12.1 Å². The van der Waals surface area contributed by atoms with Gasteiger partial charge in [0.25, 0.3) is 11.8 Å². The highest BCUT2D eigenvalue weighted by Crippen LogP contribution is 2.27. The van der Waals surface area contributed by atoms with Crippen LogP contribution in [-0.4, -0.2) is 31.5 Å². The van der Waals surface area contributed by atoms with Crippen molar-refractivity contribution in [2.75, 3.05) is 24.4 Å². The lowest BCUT2D eigenvalue weighted by Crippen LogP contribution is -2.20. The fourth-order valence-electron chi connectivity index (χ4n) is 3.33. The summed E-state index contributed by atoms with van der Waals surface area (Å²) < 4.78 is 10.2. The van der Waals surface area contributed by atoms with Crippen LogP contribution >= 0.6 is 11.6 Å². The van der Waals surface area contributed by atoms with Crippen LogP contribution in [0.4, 0.5) is 11.4 Å². The molecule has 2 N–H and O–H groups in total. The number of nitrogens with one attached hydrogen (secondary N) is 2. The topological polar surface area (TPSA) is 118 Å². The van der Waals surface area contributed by atoms with Crippen LogP contribution in [0.15, 0.2) is 66.2 Å². The van der Waals surface area contributed by atoms with E-state index in [1.807, 2.05) is 38.1 Å². The van der Waals surface area contributed by atoms with Crippen molar-refractivity contribution in [2.45, 2.75) is 13.8 Å². The predicted molar refractivity (Wildman–Crippen MR) is 141 cm³/mol. The van der Waals surface area contributed by atoms with Gasteiger partial charge in [0.15, 0.2) is 6.61 Å². The summed E-state index contributed by atoms with van der Waals surface area (Å²) in [6.45, 7) is 3.63. The van der Waals surface area contributed by atoms with Gasteiger partial charge in [0.2, 0.25) is 0 Å². The van der Waals surface area contributed by atoms with Crippen molar-refractivity contribution in [3.05, 3.63) is 93.5 Å². The molecule has 0 heterocycles. The number of halogens is 1. The third-order valence-electron chi connectivity index (χ3n) is 5.21. The number of hydrogen-bond donors (Lipinski definition) is 2. The summed E-state index contributed by atoms with van der Waals surface area (Å²) in [6.07, 6.45) is 1.38. The summed E-state index contributed by atoms with van der Waals surface area (Å²) in [5, 5.41) is 15.1. The van der Waals surface area contributed by atoms with E-state index in [-0.39, 0.29) is 28.9 Å². The van der Waals surface area contributed by atoms with Crippen LogP contribution in [0, 0.1) is 25.2 Å². The van der Waals surface area contributed by atoms with Crippen molar-refractivity contribution in [1.29, 1.82) is 5.26 Å². The number of anilines is 2. The number of rotatable bonds is 8. The summed E-state index contributed by atoms with van der Waals surface area (Å²) in [5.41, 5.74) is 3.81. The lowest BCUT2D eigenvalue weighted by Gasteiger charge is -2.11. The van der Waals surface area contributed by atoms with Gasteiger partial charge in [-0.05, 0) is 73.5 Å². The molecule has 0 spiro atoms. The second kappa shape index (κ2) is 12.4. The minimum absolute atomic E-state index is 0.158. The third-order valence-corrected chi connectivity index (χ3v) is 5.51. The lowest BCUT2D eigenvalue weighted by atomic mass is 10.1. The average molecular weight is 518 g/mol. The molecule has 0 saturated heterocycles. The Balaban J connectivity index is 1.62. The van der Waals surface area contributed by atoms with Crippen LogP contribution in [0.1, 0.15) is 27.0 Å². The number of methoxy groups -OCH3 is 1. The molecule has 0 aliphatic heterocycles. The maximum Gasteiger partial charge on any atom is 0.337 e. The first-order chi connectivity index (χ1) is 17.7. The molecule has 2 amide bonds. The van der Waals surface area contributed by atoms with Gasteiger partial charge in [0.1, 0.15) is 17.4 Å². The van der Waals surface area contributed by atoms with Crippen molar-refractivity contribution in [1.82, 2.24) is 0 Å². The molecule has 0 fully saturated rings. The molecular formula is C28H24ClN3O5. The number of nitrogens with zero attached hydrogens (tertiary/aromatic N) is 1. The average Bonchev–Trinajstić information content (AvgIpc) is 2.88. The number of hydrogen-bond acceptors (Lipinski definition) is 6. The number of ether oxygens (including phenoxy) is 2. The number of aryl methyl sites for hydroxylation is 2. The Bertz CT molecular complexity index is 1410. The quantitative estimate of drug-likeness (QED) is 0.237. The number of carbonyl (C=O) groups excluding carboxylic acids is 3. The van der Waals surface area contributed by atoms with E-state index < -0.39 is 11.9 Å². The molecule has 3 aromatic rings. The monoisotopic (exact) mass is 517 g/mol. The highest BCUT2D eigenvalue weighted by atomic mass is 35.5. The molecule has 0 saturated carbocycles. The molecule has 9 heteroatoms. The largest absolute Gasteiger partial charge is 0.482 e. The Morgan fingerprint density at radius 1 is 1.00 bits per heavy atom. The van der Waals surface area contributed by atoms with Gasteiger partial charge >= 0.3 is 5.97 Å². The Hall–Kier alpha value is -4.61. The van der Waals surface area contributed by atoms with Crippen molar-refractivity contribution in [3.63, 3.8) is 0 Å². The summed E-state index contributed by atoms with van der Waals surface area (Å²) in [6, 6.07) is 18.3. The maximum absolute atomic E-state index is 12.5. The van der Waals surface area contributed by atoms with Crippen molar-refractivity contribution in [2.24, 2.45) is 0 Å². The van der Waals surface area contributed by atoms with Gasteiger partial charge < -0.3 is 20.1 Å². The van der Waals surface area contributed by atoms with E-state index in [0.29, 0.717) is 22.5 Å². The molecule has 37 heavy (non-hydrogen) atoms. The van der Waals surface area contributed by atoms with Crippen molar-refractivity contribution in [3.8, 4) is 11.8 Å². The minimum Gasteiger partial charge on any atom is -0.482 e. The van der Waals surface area contributed by atoms with Crippen molar-refractivity contribution < 1.29 is 23.9 Å². The van der Waals surface area contributed by atoms with E-state index in [1.165, 1.54) is 43.5 Å². The molecule has 0 unspecified atom stereocenters. The highest BCUT2D eigenvalue weighted by molar-refractivity contribution is 6.32. The number of nitriles is 1. The Morgan fingerprint density at radius 2 is 1.73 bits per heavy atom. The summed E-state index contributed by atoms with van der Waals surface area (Å²) >= 11 is 6.30. The van der Waals surface area contributed by atoms with Gasteiger partial charge in [-0.15, -0.1) is 0 Å². The highest BCUT2D eigenvalue weighted by Gasteiger charge is 2.13.